The zero-order valence-corrected chi connectivity index (χ0v) is 11.3. The van der Waals surface area contributed by atoms with Gasteiger partial charge in [0.25, 0.3) is 0 Å². The van der Waals surface area contributed by atoms with E-state index in [2.05, 4.69) is 15.5 Å². The third kappa shape index (κ3) is 3.51. The van der Waals surface area contributed by atoms with Gasteiger partial charge in [-0.2, -0.15) is 5.10 Å². The van der Waals surface area contributed by atoms with Crippen LogP contribution in [0.2, 0.25) is 15.2 Å². The summed E-state index contributed by atoms with van der Waals surface area (Å²) in [4.78, 5) is 4.00. The largest absolute Gasteiger partial charge is 0.260 e. The van der Waals surface area contributed by atoms with Crippen LogP contribution in [0, 0.1) is 0 Å². The topological polar surface area (TPSA) is 37.3 Å². The summed E-state index contributed by atoms with van der Waals surface area (Å²) in [6.07, 6.45) is 1.75. The van der Waals surface area contributed by atoms with Crippen LogP contribution < -0.4 is 5.43 Å². The zero-order valence-electron chi connectivity index (χ0n) is 9.02. The molecule has 1 N–H and O–H groups in total. The Bertz CT molecular complexity index is 399. The van der Waals surface area contributed by atoms with Gasteiger partial charge in [0.05, 0.1) is 10.0 Å². The van der Waals surface area contributed by atoms with Gasteiger partial charge in [-0.25, -0.2) is 4.98 Å². The molecule has 0 amide bonds. The first-order chi connectivity index (χ1) is 7.58. The van der Waals surface area contributed by atoms with Crippen LogP contribution in [0.1, 0.15) is 26.7 Å². The van der Waals surface area contributed by atoms with Crippen LogP contribution in [0.5, 0.6) is 0 Å². The Kier molecular flexibility index (Phi) is 5.32. The predicted molar refractivity (Wildman–Crippen MR) is 70.9 cm³/mol. The summed E-state index contributed by atoms with van der Waals surface area (Å²) in [6.45, 7) is 4.07. The Balaban J connectivity index is 2.89. The molecular formula is C10H12Cl3N3. The second kappa shape index (κ2) is 6.28. The quantitative estimate of drug-likeness (QED) is 0.496. The molecule has 0 aromatic carbocycles. The Morgan fingerprint density at radius 1 is 1.25 bits per heavy atom. The first-order valence-electron chi connectivity index (χ1n) is 4.91. The van der Waals surface area contributed by atoms with Crippen molar-refractivity contribution < 1.29 is 0 Å². The average molecular weight is 281 g/mol. The number of aromatic nitrogens is 1. The molecule has 0 atom stereocenters. The zero-order chi connectivity index (χ0) is 12.1. The second-order valence-electron chi connectivity index (χ2n) is 3.09. The van der Waals surface area contributed by atoms with E-state index in [1.807, 2.05) is 13.8 Å². The molecule has 3 nitrogen and oxygen atoms in total. The van der Waals surface area contributed by atoms with E-state index in [1.165, 1.54) is 6.07 Å². The Morgan fingerprint density at radius 3 is 2.44 bits per heavy atom. The standard InChI is InChI=1S/C10H12Cl3N3/c1-3-6(4-2)15-16-10-8(12)5-7(11)9(13)14-10/h5H,3-4H2,1-2H3,(H,14,16). The lowest BCUT2D eigenvalue weighted by molar-refractivity contribution is 1.11. The van der Waals surface area contributed by atoms with Crippen molar-refractivity contribution in [1.82, 2.24) is 4.98 Å². The lowest BCUT2D eigenvalue weighted by atomic mass is 10.2. The molecule has 0 radical (unpaired) electrons. The van der Waals surface area contributed by atoms with Crippen molar-refractivity contribution in [2.75, 3.05) is 5.43 Å². The number of nitrogens with one attached hydrogen (secondary N) is 1. The monoisotopic (exact) mass is 279 g/mol. The highest BCUT2D eigenvalue weighted by Gasteiger charge is 2.07. The molecule has 0 unspecified atom stereocenters. The lowest BCUT2D eigenvalue weighted by Gasteiger charge is -2.06. The first kappa shape index (κ1) is 13.6. The SMILES string of the molecule is CCC(CC)=NNc1nc(Cl)c(Cl)cc1Cl. The normalized spacial score (nSPS) is 10.1. The van der Waals surface area contributed by atoms with Gasteiger partial charge in [0.1, 0.15) is 5.15 Å². The van der Waals surface area contributed by atoms with Crippen LogP contribution in [0.4, 0.5) is 5.82 Å². The summed E-state index contributed by atoms with van der Waals surface area (Å²) in [5.74, 6) is 0.412. The van der Waals surface area contributed by atoms with E-state index in [-0.39, 0.29) is 5.15 Å². The average Bonchev–Trinajstić information content (AvgIpc) is 2.26. The van der Waals surface area contributed by atoms with E-state index < -0.39 is 0 Å². The number of anilines is 1. The van der Waals surface area contributed by atoms with Crippen molar-refractivity contribution in [2.45, 2.75) is 26.7 Å². The maximum absolute atomic E-state index is 5.93. The molecular weight excluding hydrogens is 268 g/mol. The van der Waals surface area contributed by atoms with Crippen LogP contribution in [-0.2, 0) is 0 Å². The fraction of sp³-hybridized carbons (Fsp3) is 0.400. The number of hydrazone groups is 1. The summed E-state index contributed by atoms with van der Waals surface area (Å²) in [5, 5.41) is 5.11. The number of pyridine rings is 1. The van der Waals surface area contributed by atoms with Crippen molar-refractivity contribution in [3.8, 4) is 0 Å². The minimum atomic E-state index is 0.207. The minimum Gasteiger partial charge on any atom is -0.260 e. The first-order valence-corrected chi connectivity index (χ1v) is 6.04. The van der Waals surface area contributed by atoms with Crippen LogP contribution in [0.3, 0.4) is 0 Å². The maximum atomic E-state index is 5.93. The number of hydrogen-bond donors (Lipinski definition) is 1. The van der Waals surface area contributed by atoms with E-state index in [4.69, 9.17) is 34.8 Å². The fourth-order valence-electron chi connectivity index (χ4n) is 1.06. The molecule has 1 heterocycles. The summed E-state index contributed by atoms with van der Waals surface area (Å²) < 4.78 is 0. The van der Waals surface area contributed by atoms with Crippen LogP contribution in [-0.4, -0.2) is 10.7 Å². The van der Waals surface area contributed by atoms with E-state index >= 15 is 0 Å². The van der Waals surface area contributed by atoms with Crippen molar-refractivity contribution >= 4 is 46.3 Å². The van der Waals surface area contributed by atoms with E-state index in [0.717, 1.165) is 18.6 Å². The minimum absolute atomic E-state index is 0.207. The smallest absolute Gasteiger partial charge is 0.166 e. The molecule has 6 heteroatoms. The number of hydrogen-bond acceptors (Lipinski definition) is 3. The van der Waals surface area contributed by atoms with Gasteiger partial charge in [0.15, 0.2) is 5.82 Å². The van der Waals surface area contributed by atoms with Gasteiger partial charge in [-0.05, 0) is 18.9 Å². The Labute approximate surface area is 110 Å². The van der Waals surface area contributed by atoms with Crippen molar-refractivity contribution in [2.24, 2.45) is 5.10 Å². The van der Waals surface area contributed by atoms with Gasteiger partial charge in [-0.1, -0.05) is 48.7 Å². The van der Waals surface area contributed by atoms with Crippen LogP contribution >= 0.6 is 34.8 Å². The Hall–Kier alpha value is -0.510. The molecule has 88 valence electrons. The molecule has 0 spiro atoms. The van der Waals surface area contributed by atoms with E-state index in [0.29, 0.717) is 15.9 Å². The molecule has 0 aliphatic carbocycles. The van der Waals surface area contributed by atoms with Gasteiger partial charge >= 0.3 is 0 Å². The second-order valence-corrected chi connectivity index (χ2v) is 4.26. The molecule has 0 aliphatic heterocycles. The molecule has 0 saturated heterocycles. The number of nitrogens with zero attached hydrogens (tertiary/aromatic N) is 2. The molecule has 0 saturated carbocycles. The highest BCUT2D eigenvalue weighted by Crippen LogP contribution is 2.28. The summed E-state index contributed by atoms with van der Waals surface area (Å²) in [6, 6.07) is 1.54. The summed E-state index contributed by atoms with van der Waals surface area (Å²) in [7, 11) is 0. The lowest BCUT2D eigenvalue weighted by Crippen LogP contribution is -2.01. The van der Waals surface area contributed by atoms with Gasteiger partial charge in [-0.3, -0.25) is 5.43 Å². The number of halogens is 3. The third-order valence-corrected chi connectivity index (χ3v) is 2.98. The molecule has 0 bridgehead atoms. The number of rotatable bonds is 4. The van der Waals surface area contributed by atoms with E-state index in [1.54, 1.807) is 0 Å². The molecule has 0 fully saturated rings. The molecule has 1 aromatic rings. The molecule has 0 aliphatic rings. The fourth-order valence-corrected chi connectivity index (χ4v) is 1.60. The highest BCUT2D eigenvalue weighted by atomic mass is 35.5. The molecule has 1 rings (SSSR count). The van der Waals surface area contributed by atoms with Crippen molar-refractivity contribution in [1.29, 1.82) is 0 Å². The van der Waals surface area contributed by atoms with Crippen LogP contribution in [0.15, 0.2) is 11.2 Å². The highest BCUT2D eigenvalue weighted by molar-refractivity contribution is 6.42. The maximum Gasteiger partial charge on any atom is 0.166 e. The van der Waals surface area contributed by atoms with Gasteiger partial charge in [0.2, 0.25) is 0 Å². The van der Waals surface area contributed by atoms with Gasteiger partial charge in [0, 0.05) is 5.71 Å². The van der Waals surface area contributed by atoms with E-state index in [9.17, 15) is 0 Å². The van der Waals surface area contributed by atoms with Crippen molar-refractivity contribution in [3.05, 3.63) is 21.3 Å². The van der Waals surface area contributed by atoms with Crippen LogP contribution in [0.25, 0.3) is 0 Å². The Morgan fingerprint density at radius 2 is 1.88 bits per heavy atom. The molecule has 16 heavy (non-hydrogen) atoms. The summed E-state index contributed by atoms with van der Waals surface area (Å²) in [5.41, 5.74) is 3.82. The van der Waals surface area contributed by atoms with Gasteiger partial charge < -0.3 is 0 Å². The predicted octanol–water partition coefficient (Wildman–Crippen LogP) is 4.63. The summed E-state index contributed by atoms with van der Waals surface area (Å²) >= 11 is 17.5. The third-order valence-electron chi connectivity index (χ3n) is 2.02. The van der Waals surface area contributed by atoms with Gasteiger partial charge in [-0.15, -0.1) is 0 Å². The molecule has 1 aromatic heterocycles. The van der Waals surface area contributed by atoms with Crippen molar-refractivity contribution in [3.63, 3.8) is 0 Å².